The van der Waals surface area contributed by atoms with Crippen LogP contribution in [0.3, 0.4) is 0 Å². The van der Waals surface area contributed by atoms with Crippen LogP contribution in [0.5, 0.6) is 0 Å². The number of alkyl halides is 3. The van der Waals surface area contributed by atoms with E-state index < -0.39 is 17.6 Å². The van der Waals surface area contributed by atoms with E-state index in [4.69, 9.17) is 4.74 Å². The molecule has 3 nitrogen and oxygen atoms in total. The van der Waals surface area contributed by atoms with Crippen LogP contribution in [0, 0.1) is 11.7 Å². The Morgan fingerprint density at radius 3 is 2.23 bits per heavy atom. The van der Waals surface area contributed by atoms with Crippen LogP contribution in [0.1, 0.15) is 30.0 Å². The van der Waals surface area contributed by atoms with Crippen LogP contribution in [-0.4, -0.2) is 44.3 Å². The normalized spacial score (nSPS) is 20.8. The first kappa shape index (κ1) is 23.4. The Kier molecular flexibility index (Phi) is 9.09. The van der Waals surface area contributed by atoms with Gasteiger partial charge in [0.2, 0.25) is 0 Å². The standard InChI is InChI=1S/C17H22F4N2O.2ClH/c18-15-11-13(1-2-14(15)17(19,20)21)16(12-3-9-24-10-4-12)23-7-5-22-6-8-23;;/h1-2,11-12,16,22H,3-10H2;2*1H/t16-;;/m0../s1. The number of hydrogen-bond acceptors (Lipinski definition) is 3. The van der Waals surface area contributed by atoms with Crippen LogP contribution in [0.25, 0.3) is 0 Å². The maximum atomic E-state index is 14.1. The molecule has 2 heterocycles. The molecule has 3 rings (SSSR count). The van der Waals surface area contributed by atoms with Crippen LogP contribution in [0.2, 0.25) is 0 Å². The molecule has 0 bridgehead atoms. The molecular formula is C17H24Cl2F4N2O. The molecule has 0 saturated carbocycles. The van der Waals surface area contributed by atoms with E-state index in [9.17, 15) is 17.6 Å². The molecule has 0 aliphatic carbocycles. The summed E-state index contributed by atoms with van der Waals surface area (Å²) in [7, 11) is 0. The molecule has 26 heavy (non-hydrogen) atoms. The van der Waals surface area contributed by atoms with Gasteiger partial charge in [0.1, 0.15) is 5.82 Å². The van der Waals surface area contributed by atoms with Crippen LogP contribution >= 0.6 is 24.8 Å². The number of nitrogens with one attached hydrogen (secondary N) is 1. The topological polar surface area (TPSA) is 24.5 Å². The van der Waals surface area contributed by atoms with Gasteiger partial charge in [0.25, 0.3) is 0 Å². The van der Waals surface area contributed by atoms with Crippen molar-refractivity contribution in [3.8, 4) is 0 Å². The first-order valence-corrected chi connectivity index (χ1v) is 8.36. The minimum atomic E-state index is -4.66. The van der Waals surface area contributed by atoms with Gasteiger partial charge in [-0.1, -0.05) is 6.07 Å². The first-order chi connectivity index (χ1) is 11.5. The van der Waals surface area contributed by atoms with Crippen LogP contribution in [0.4, 0.5) is 17.6 Å². The Hall–Kier alpha value is -0.600. The number of rotatable bonds is 3. The van der Waals surface area contributed by atoms with E-state index in [0.29, 0.717) is 18.8 Å². The second-order valence-corrected chi connectivity index (χ2v) is 6.42. The summed E-state index contributed by atoms with van der Waals surface area (Å²) >= 11 is 0. The van der Waals surface area contributed by atoms with Gasteiger partial charge in [0.15, 0.2) is 0 Å². The van der Waals surface area contributed by atoms with E-state index in [1.807, 2.05) is 0 Å². The van der Waals surface area contributed by atoms with Gasteiger partial charge in [0, 0.05) is 45.4 Å². The summed E-state index contributed by atoms with van der Waals surface area (Å²) in [5, 5.41) is 3.28. The summed E-state index contributed by atoms with van der Waals surface area (Å²) in [6, 6.07) is 3.32. The maximum absolute atomic E-state index is 14.1. The number of hydrogen-bond donors (Lipinski definition) is 1. The van der Waals surface area contributed by atoms with Gasteiger partial charge >= 0.3 is 6.18 Å². The summed E-state index contributed by atoms with van der Waals surface area (Å²) in [5.41, 5.74) is -0.563. The van der Waals surface area contributed by atoms with Crippen molar-refractivity contribution >= 4 is 24.8 Å². The van der Waals surface area contributed by atoms with Crippen molar-refractivity contribution in [2.24, 2.45) is 5.92 Å². The molecule has 2 aliphatic heterocycles. The zero-order chi connectivity index (χ0) is 17.2. The SMILES string of the molecule is Cl.Cl.Fc1cc([C@H](C2CCOCC2)N2CCNCC2)ccc1C(F)(F)F. The van der Waals surface area contributed by atoms with Crippen LogP contribution < -0.4 is 5.32 Å². The third-order valence-corrected chi connectivity index (χ3v) is 4.90. The van der Waals surface area contributed by atoms with Crippen molar-refractivity contribution in [1.29, 1.82) is 0 Å². The molecular weight excluding hydrogens is 395 g/mol. The molecule has 9 heteroatoms. The molecule has 0 spiro atoms. The average molecular weight is 419 g/mol. The Labute approximate surface area is 163 Å². The molecule has 0 radical (unpaired) electrons. The zero-order valence-corrected chi connectivity index (χ0v) is 15.9. The summed E-state index contributed by atoms with van der Waals surface area (Å²) in [6.07, 6.45) is -2.97. The lowest BCUT2D eigenvalue weighted by molar-refractivity contribution is -0.140. The van der Waals surface area contributed by atoms with Gasteiger partial charge in [-0.2, -0.15) is 13.2 Å². The maximum Gasteiger partial charge on any atom is 0.419 e. The van der Waals surface area contributed by atoms with E-state index in [1.54, 1.807) is 0 Å². The number of halogens is 6. The molecule has 1 aromatic rings. The van der Waals surface area contributed by atoms with Crippen molar-refractivity contribution in [3.05, 3.63) is 35.1 Å². The van der Waals surface area contributed by atoms with Gasteiger partial charge in [-0.25, -0.2) is 4.39 Å². The highest BCUT2D eigenvalue weighted by Gasteiger charge is 2.36. The lowest BCUT2D eigenvalue weighted by Gasteiger charge is -2.41. The Balaban J connectivity index is 0.00000169. The zero-order valence-electron chi connectivity index (χ0n) is 14.2. The summed E-state index contributed by atoms with van der Waals surface area (Å²) in [6.45, 7) is 4.59. The summed E-state index contributed by atoms with van der Waals surface area (Å²) in [4.78, 5) is 2.26. The third kappa shape index (κ3) is 5.45. The van der Waals surface area contributed by atoms with Crippen molar-refractivity contribution in [2.75, 3.05) is 39.4 Å². The molecule has 1 N–H and O–H groups in total. The monoisotopic (exact) mass is 418 g/mol. The Morgan fingerprint density at radius 2 is 1.69 bits per heavy atom. The Bertz CT molecular complexity index is 544. The quantitative estimate of drug-likeness (QED) is 0.748. The van der Waals surface area contributed by atoms with Gasteiger partial charge in [-0.3, -0.25) is 4.90 Å². The second kappa shape index (κ2) is 10.1. The molecule has 2 fully saturated rings. The highest BCUT2D eigenvalue weighted by Crippen LogP contribution is 2.38. The lowest BCUT2D eigenvalue weighted by atomic mass is 9.85. The van der Waals surface area contributed by atoms with E-state index in [-0.39, 0.29) is 36.8 Å². The van der Waals surface area contributed by atoms with Gasteiger partial charge < -0.3 is 10.1 Å². The molecule has 1 atom stereocenters. The van der Waals surface area contributed by atoms with Gasteiger partial charge in [0.05, 0.1) is 5.56 Å². The molecule has 0 aromatic heterocycles. The van der Waals surface area contributed by atoms with Crippen LogP contribution in [-0.2, 0) is 10.9 Å². The first-order valence-electron chi connectivity index (χ1n) is 8.36. The lowest BCUT2D eigenvalue weighted by Crippen LogP contribution is -2.47. The number of ether oxygens (including phenoxy) is 1. The number of piperazine rings is 1. The minimum Gasteiger partial charge on any atom is -0.381 e. The van der Waals surface area contributed by atoms with E-state index in [2.05, 4.69) is 10.2 Å². The molecule has 1 aromatic carbocycles. The van der Waals surface area contributed by atoms with Crippen molar-refractivity contribution in [3.63, 3.8) is 0 Å². The fourth-order valence-electron chi connectivity index (χ4n) is 3.72. The average Bonchev–Trinajstić information content (AvgIpc) is 2.56. The van der Waals surface area contributed by atoms with Gasteiger partial charge in [-0.15, -0.1) is 24.8 Å². The highest BCUT2D eigenvalue weighted by atomic mass is 35.5. The Morgan fingerprint density at radius 1 is 1.08 bits per heavy atom. The molecule has 0 unspecified atom stereocenters. The second-order valence-electron chi connectivity index (χ2n) is 6.42. The smallest absolute Gasteiger partial charge is 0.381 e. The number of nitrogens with zero attached hydrogens (tertiary/aromatic N) is 1. The fourth-order valence-corrected chi connectivity index (χ4v) is 3.72. The minimum absolute atomic E-state index is 0. The van der Waals surface area contributed by atoms with Crippen LogP contribution in [0.15, 0.2) is 18.2 Å². The molecule has 2 aliphatic rings. The largest absolute Gasteiger partial charge is 0.419 e. The predicted molar refractivity (Wildman–Crippen MR) is 96.6 cm³/mol. The van der Waals surface area contributed by atoms with E-state index in [1.165, 1.54) is 6.07 Å². The molecule has 0 amide bonds. The van der Waals surface area contributed by atoms with E-state index >= 15 is 0 Å². The van der Waals surface area contributed by atoms with Crippen molar-refractivity contribution in [1.82, 2.24) is 10.2 Å². The molecule has 150 valence electrons. The van der Waals surface area contributed by atoms with Gasteiger partial charge in [-0.05, 0) is 36.5 Å². The summed E-state index contributed by atoms with van der Waals surface area (Å²) in [5.74, 6) is -0.916. The highest BCUT2D eigenvalue weighted by molar-refractivity contribution is 5.85. The van der Waals surface area contributed by atoms with Crippen molar-refractivity contribution in [2.45, 2.75) is 25.1 Å². The fraction of sp³-hybridized carbons (Fsp3) is 0.647. The predicted octanol–water partition coefficient (Wildman–Crippen LogP) is 4.06. The number of benzene rings is 1. The third-order valence-electron chi connectivity index (χ3n) is 4.90. The summed E-state index contributed by atoms with van der Waals surface area (Å²) < 4.78 is 57.9. The molecule has 2 saturated heterocycles. The van der Waals surface area contributed by atoms with E-state index in [0.717, 1.165) is 51.2 Å². The van der Waals surface area contributed by atoms with Crippen molar-refractivity contribution < 1.29 is 22.3 Å².